The molecule has 3 heterocycles. The van der Waals surface area contributed by atoms with Gasteiger partial charge in [0.2, 0.25) is 6.71 Å². The number of ketones is 1. The number of pyridine rings is 1. The van der Waals surface area contributed by atoms with Crippen molar-refractivity contribution in [2.45, 2.75) is 67.2 Å². The second-order valence-corrected chi connectivity index (χ2v) is 13.3. The first-order valence-electron chi connectivity index (χ1n) is 17.1. The fourth-order valence-corrected chi connectivity index (χ4v) is 6.44. The topological polar surface area (TPSA) is 68.7 Å². The third kappa shape index (κ3) is 6.71. The minimum atomic E-state index is -0.337. The van der Waals surface area contributed by atoms with Crippen LogP contribution >= 0.6 is 0 Å². The number of aliphatic hydroxyl groups is 1. The molecule has 5 nitrogen and oxygen atoms in total. The van der Waals surface area contributed by atoms with E-state index < -0.39 is 0 Å². The number of carbonyl (C=O) groups excluding carboxylic acids is 1. The number of aromatic nitrogens is 1. The molecule has 0 unspecified atom stereocenters. The van der Waals surface area contributed by atoms with Gasteiger partial charge in [0, 0.05) is 54.4 Å². The molecule has 0 atom stereocenters. The molecule has 0 spiro atoms. The number of fused-ring (bicyclic) bond motifs is 5. The monoisotopic (exact) mass is 829 g/mol. The van der Waals surface area contributed by atoms with Crippen LogP contribution in [0.15, 0.2) is 103 Å². The van der Waals surface area contributed by atoms with Crippen molar-refractivity contribution in [3.05, 3.63) is 109 Å². The van der Waals surface area contributed by atoms with Gasteiger partial charge in [-0.15, -0.1) is 23.7 Å². The zero-order valence-corrected chi connectivity index (χ0v) is 31.5. The number of nitrogens with zero attached hydrogens (tertiary/aromatic N) is 1. The number of rotatable bonds is 8. The summed E-state index contributed by atoms with van der Waals surface area (Å²) >= 11 is 0. The standard InChI is InChI=1S/C27H15BNO2.C15H28O2.Ir/c1-2-8-18-16-29-22(15-17(18)7-1)19-9-5-11-21-27(19)31-25-14-6-13-24-26(25)28(21)20-10-3-4-12-23(20)30-24;1-7-14(5,8-2)12(16)11-13(17)15(6,9-3)10-4;/h1-8,10-16H;11,16H,7-10H2,1-6H3;/q-1;;/b;12-11-;. The predicted molar refractivity (Wildman–Crippen MR) is 197 cm³/mol. The SMILES string of the molecule is CCC(C)(CC)C(=O)/C=C(\O)C(C)(CC)CC.[Ir].[c-]1ccc2c(c1-c1cc3ccccc3cn1)Oc1cccc3c1B2c1ccccc1O3. The minimum absolute atomic E-state index is 0. The van der Waals surface area contributed by atoms with Gasteiger partial charge in [-0.1, -0.05) is 102 Å². The van der Waals surface area contributed by atoms with Gasteiger partial charge in [0.05, 0.1) is 0 Å². The molecule has 1 N–H and O–H groups in total. The Kier molecular flexibility index (Phi) is 10.9. The first-order chi connectivity index (χ1) is 23.2. The van der Waals surface area contributed by atoms with Gasteiger partial charge < -0.3 is 19.6 Å². The van der Waals surface area contributed by atoms with Crippen molar-refractivity contribution >= 4 is 39.7 Å². The van der Waals surface area contributed by atoms with E-state index in [0.717, 1.165) is 87.1 Å². The molecule has 253 valence electrons. The van der Waals surface area contributed by atoms with Crippen molar-refractivity contribution in [2.24, 2.45) is 10.8 Å². The first-order valence-corrected chi connectivity index (χ1v) is 17.1. The summed E-state index contributed by atoms with van der Waals surface area (Å²) < 4.78 is 12.7. The molecule has 1 radical (unpaired) electrons. The number of hydrogen-bond acceptors (Lipinski definition) is 5. The average molecular weight is 829 g/mol. The molecule has 7 rings (SSSR count). The quantitative estimate of drug-likeness (QED) is 0.0717. The van der Waals surface area contributed by atoms with Gasteiger partial charge in [0.1, 0.15) is 23.0 Å². The van der Waals surface area contributed by atoms with Crippen LogP contribution in [-0.2, 0) is 24.9 Å². The molecule has 4 aromatic carbocycles. The van der Waals surface area contributed by atoms with Crippen molar-refractivity contribution in [3.63, 3.8) is 0 Å². The van der Waals surface area contributed by atoms with Gasteiger partial charge in [-0.05, 0) is 65.8 Å². The molecule has 2 aliphatic rings. The third-order valence-corrected chi connectivity index (χ3v) is 10.8. The fourth-order valence-electron chi connectivity index (χ4n) is 6.44. The molecule has 49 heavy (non-hydrogen) atoms. The predicted octanol–water partition coefficient (Wildman–Crippen LogP) is 9.08. The normalized spacial score (nSPS) is 13.0. The van der Waals surface area contributed by atoms with E-state index in [1.807, 2.05) is 96.3 Å². The Balaban J connectivity index is 0.000000226. The summed E-state index contributed by atoms with van der Waals surface area (Å²) in [5.74, 6) is 3.67. The zero-order valence-electron chi connectivity index (χ0n) is 29.1. The number of benzene rings is 4. The number of para-hydroxylation sites is 1. The van der Waals surface area contributed by atoms with Crippen molar-refractivity contribution in [1.82, 2.24) is 4.98 Å². The van der Waals surface area contributed by atoms with E-state index in [9.17, 15) is 9.90 Å². The van der Waals surface area contributed by atoms with Gasteiger partial charge >= 0.3 is 0 Å². The van der Waals surface area contributed by atoms with E-state index in [-0.39, 0.29) is 49.2 Å². The van der Waals surface area contributed by atoms with Crippen molar-refractivity contribution in [3.8, 4) is 34.3 Å². The molecule has 7 heteroatoms. The van der Waals surface area contributed by atoms with E-state index in [4.69, 9.17) is 14.5 Å². The Morgan fingerprint density at radius 1 is 0.796 bits per heavy atom. The van der Waals surface area contributed by atoms with Crippen LogP contribution in [0.2, 0.25) is 0 Å². The molecule has 0 bridgehead atoms. The summed E-state index contributed by atoms with van der Waals surface area (Å²) in [6, 6.07) is 32.1. The smallest absolute Gasteiger partial charge is 0.241 e. The number of aliphatic hydroxyl groups excluding tert-OH is 1. The molecule has 1 aromatic heterocycles. The molecule has 0 saturated heterocycles. The van der Waals surface area contributed by atoms with Gasteiger partial charge in [-0.2, -0.15) is 0 Å². The summed E-state index contributed by atoms with van der Waals surface area (Å²) in [7, 11) is 0. The van der Waals surface area contributed by atoms with Crippen LogP contribution < -0.4 is 25.9 Å². The van der Waals surface area contributed by atoms with Gasteiger partial charge in [0.15, 0.2) is 5.78 Å². The molecule has 0 aliphatic carbocycles. The van der Waals surface area contributed by atoms with E-state index >= 15 is 0 Å². The second kappa shape index (κ2) is 14.7. The summed E-state index contributed by atoms with van der Waals surface area (Å²) in [5.41, 5.74) is 4.47. The molecule has 0 fully saturated rings. The number of hydrogen-bond donors (Lipinski definition) is 1. The van der Waals surface area contributed by atoms with Crippen LogP contribution in [0.4, 0.5) is 0 Å². The van der Waals surface area contributed by atoms with Crippen LogP contribution in [0.1, 0.15) is 67.2 Å². The second-order valence-electron chi connectivity index (χ2n) is 13.3. The van der Waals surface area contributed by atoms with Gasteiger partial charge in [-0.25, -0.2) is 0 Å². The summed E-state index contributed by atoms with van der Waals surface area (Å²) in [5, 5.41) is 12.4. The van der Waals surface area contributed by atoms with Crippen LogP contribution in [0.25, 0.3) is 22.0 Å². The molecule has 2 aliphatic heterocycles. The number of carbonyl (C=O) groups is 1. The van der Waals surface area contributed by atoms with Crippen molar-refractivity contribution in [1.29, 1.82) is 0 Å². The van der Waals surface area contributed by atoms with E-state index in [2.05, 4.69) is 42.5 Å². The Bertz CT molecular complexity index is 2010. The molecule has 0 saturated carbocycles. The largest absolute Gasteiger partial charge is 0.512 e. The Morgan fingerprint density at radius 3 is 2.10 bits per heavy atom. The van der Waals surface area contributed by atoms with Gasteiger partial charge in [-0.3, -0.25) is 4.79 Å². The summed E-state index contributed by atoms with van der Waals surface area (Å²) in [4.78, 5) is 16.9. The van der Waals surface area contributed by atoms with Gasteiger partial charge in [0.25, 0.3) is 0 Å². The van der Waals surface area contributed by atoms with E-state index in [1.54, 1.807) is 0 Å². The Morgan fingerprint density at radius 2 is 1.41 bits per heavy atom. The zero-order chi connectivity index (χ0) is 34.1. The summed E-state index contributed by atoms with van der Waals surface area (Å²) in [6.07, 6.45) is 6.67. The Hall–Kier alpha value is -4.19. The molecule has 5 aromatic rings. The maximum absolute atomic E-state index is 12.2. The van der Waals surface area contributed by atoms with Crippen LogP contribution in [0.3, 0.4) is 0 Å². The van der Waals surface area contributed by atoms with E-state index in [1.165, 1.54) is 6.08 Å². The molecular weight excluding hydrogens is 785 g/mol. The summed E-state index contributed by atoms with van der Waals surface area (Å²) in [6.45, 7) is 12.1. The number of allylic oxidation sites excluding steroid dienone is 2. The van der Waals surface area contributed by atoms with Crippen LogP contribution in [-0.4, -0.2) is 22.6 Å². The third-order valence-electron chi connectivity index (χ3n) is 10.8. The maximum atomic E-state index is 12.2. The molecule has 0 amide bonds. The minimum Gasteiger partial charge on any atom is -0.512 e. The van der Waals surface area contributed by atoms with Crippen molar-refractivity contribution in [2.75, 3.05) is 0 Å². The first kappa shape index (κ1) is 36.1. The number of ether oxygens (including phenoxy) is 2. The van der Waals surface area contributed by atoms with E-state index in [0.29, 0.717) is 0 Å². The Labute approximate surface area is 304 Å². The fraction of sp³-hybridized carbons (Fsp3) is 0.286. The molecular formula is C42H43BIrNO4-. The average Bonchev–Trinajstić information content (AvgIpc) is 3.13. The van der Waals surface area contributed by atoms with Crippen LogP contribution in [0.5, 0.6) is 23.0 Å². The van der Waals surface area contributed by atoms with Crippen LogP contribution in [0, 0.1) is 16.9 Å². The maximum Gasteiger partial charge on any atom is 0.241 e. The van der Waals surface area contributed by atoms with Crippen molar-refractivity contribution < 1.29 is 39.5 Å².